The Morgan fingerprint density at radius 1 is 1.15 bits per heavy atom. The zero-order chi connectivity index (χ0) is 14.2. The van der Waals surface area contributed by atoms with Crippen LogP contribution in [0.5, 0.6) is 11.5 Å². The molecule has 1 heterocycles. The molecular weight excluding hydrogens is 260 g/mol. The minimum atomic E-state index is -0.890. The topological polar surface area (TPSA) is 72.8 Å². The Labute approximate surface area is 116 Å². The maximum atomic E-state index is 11.7. The van der Waals surface area contributed by atoms with Gasteiger partial charge in [-0.25, -0.2) is 0 Å². The van der Waals surface area contributed by atoms with Crippen LogP contribution in [0.3, 0.4) is 0 Å². The van der Waals surface area contributed by atoms with E-state index in [1.165, 1.54) is 0 Å². The first kappa shape index (κ1) is 13.0. The molecule has 0 unspecified atom stereocenters. The predicted octanol–water partition coefficient (Wildman–Crippen LogP) is 2.17. The van der Waals surface area contributed by atoms with E-state index in [9.17, 15) is 14.7 Å². The van der Waals surface area contributed by atoms with Crippen molar-refractivity contribution in [2.45, 2.75) is 31.1 Å². The number of hydrogen-bond donors (Lipinski definition) is 1. The van der Waals surface area contributed by atoms with Crippen LogP contribution in [0.2, 0.25) is 0 Å². The van der Waals surface area contributed by atoms with Crippen molar-refractivity contribution in [1.29, 1.82) is 0 Å². The van der Waals surface area contributed by atoms with E-state index < -0.39 is 11.4 Å². The van der Waals surface area contributed by atoms with Crippen molar-refractivity contribution in [2.75, 3.05) is 13.2 Å². The van der Waals surface area contributed by atoms with Gasteiger partial charge in [-0.05, 0) is 18.9 Å². The Kier molecular flexibility index (Phi) is 3.12. The lowest BCUT2D eigenvalue weighted by atomic mass is 9.64. The normalized spacial score (nSPS) is 19.6. The number of fused-ring (bicyclic) bond motifs is 1. The van der Waals surface area contributed by atoms with Crippen LogP contribution in [0.1, 0.15) is 41.6 Å². The molecule has 0 amide bonds. The Morgan fingerprint density at radius 3 is 2.40 bits per heavy atom. The fourth-order valence-corrected chi connectivity index (χ4v) is 2.88. The highest BCUT2D eigenvalue weighted by Gasteiger charge is 2.48. The van der Waals surface area contributed by atoms with E-state index in [-0.39, 0.29) is 0 Å². The van der Waals surface area contributed by atoms with E-state index in [2.05, 4.69) is 0 Å². The molecule has 1 N–H and O–H groups in total. The van der Waals surface area contributed by atoms with E-state index in [0.29, 0.717) is 61.4 Å². The van der Waals surface area contributed by atoms with Crippen molar-refractivity contribution in [3.8, 4) is 11.5 Å². The van der Waals surface area contributed by atoms with E-state index in [4.69, 9.17) is 9.47 Å². The monoisotopic (exact) mass is 276 g/mol. The van der Waals surface area contributed by atoms with Crippen molar-refractivity contribution in [1.82, 2.24) is 0 Å². The Bertz CT molecular complexity index is 560. The summed E-state index contributed by atoms with van der Waals surface area (Å²) in [6, 6.07) is 3.32. The van der Waals surface area contributed by atoms with Crippen molar-refractivity contribution in [2.24, 2.45) is 0 Å². The van der Waals surface area contributed by atoms with Gasteiger partial charge < -0.3 is 14.6 Å². The fourth-order valence-electron chi connectivity index (χ4n) is 2.88. The first-order chi connectivity index (χ1) is 9.69. The molecule has 0 radical (unpaired) electrons. The summed E-state index contributed by atoms with van der Waals surface area (Å²) in [5, 5.41) is 9.57. The van der Waals surface area contributed by atoms with Gasteiger partial charge in [-0.3, -0.25) is 9.59 Å². The van der Waals surface area contributed by atoms with Gasteiger partial charge in [0.05, 0.1) is 24.2 Å². The molecule has 0 aromatic heterocycles. The lowest BCUT2D eigenvalue weighted by Gasteiger charge is -2.39. The molecule has 106 valence electrons. The summed E-state index contributed by atoms with van der Waals surface area (Å²) < 4.78 is 11.3. The van der Waals surface area contributed by atoms with E-state index in [0.717, 1.165) is 6.42 Å². The van der Waals surface area contributed by atoms with Crippen LogP contribution in [0.15, 0.2) is 12.1 Å². The number of hydrogen-bond acceptors (Lipinski definition) is 4. The summed E-state index contributed by atoms with van der Waals surface area (Å²) in [5.41, 5.74) is 0.156. The Morgan fingerprint density at radius 2 is 1.85 bits per heavy atom. The molecule has 1 saturated carbocycles. The third-order valence-electron chi connectivity index (χ3n) is 4.18. The zero-order valence-electron chi connectivity index (χ0n) is 11.1. The maximum absolute atomic E-state index is 11.7. The highest BCUT2D eigenvalue weighted by molar-refractivity contribution is 5.87. The van der Waals surface area contributed by atoms with Gasteiger partial charge in [-0.1, -0.05) is 12.5 Å². The average Bonchev–Trinajstić information content (AvgIpc) is 2.63. The molecule has 1 aromatic carbocycles. The molecule has 5 nitrogen and oxygen atoms in total. The zero-order valence-corrected chi connectivity index (χ0v) is 11.1. The second-order valence-electron chi connectivity index (χ2n) is 5.27. The highest BCUT2D eigenvalue weighted by atomic mass is 16.5. The summed E-state index contributed by atoms with van der Waals surface area (Å²) in [6.45, 7) is 0.940. The highest BCUT2D eigenvalue weighted by Crippen LogP contribution is 2.50. The van der Waals surface area contributed by atoms with Crippen LogP contribution in [-0.2, 0) is 10.2 Å². The van der Waals surface area contributed by atoms with Crippen LogP contribution >= 0.6 is 0 Å². The molecule has 0 bridgehead atoms. The van der Waals surface area contributed by atoms with E-state index in [1.54, 1.807) is 12.1 Å². The van der Waals surface area contributed by atoms with Crippen molar-refractivity contribution in [3.05, 3.63) is 23.3 Å². The number of aldehydes is 1. The number of carbonyl (C=O) groups excluding carboxylic acids is 1. The maximum Gasteiger partial charge on any atom is 0.314 e. The van der Waals surface area contributed by atoms with E-state index >= 15 is 0 Å². The van der Waals surface area contributed by atoms with Crippen LogP contribution in [0.25, 0.3) is 0 Å². The van der Waals surface area contributed by atoms with Crippen LogP contribution in [0.4, 0.5) is 0 Å². The minimum Gasteiger partial charge on any atom is -0.489 e. The van der Waals surface area contributed by atoms with E-state index in [1.807, 2.05) is 0 Å². The SMILES string of the molecule is O=Cc1ccc(C2(C(=O)O)CCC2)c2c1OCCCO2. The number of carboxylic acid groups (broad SMARTS) is 1. The molecule has 3 rings (SSSR count). The number of ether oxygens (including phenoxy) is 2. The summed E-state index contributed by atoms with van der Waals surface area (Å²) in [7, 11) is 0. The third-order valence-corrected chi connectivity index (χ3v) is 4.18. The number of benzene rings is 1. The lowest BCUT2D eigenvalue weighted by Crippen LogP contribution is -2.42. The van der Waals surface area contributed by atoms with Crippen molar-refractivity contribution in [3.63, 3.8) is 0 Å². The molecule has 1 aliphatic heterocycles. The molecule has 20 heavy (non-hydrogen) atoms. The number of carbonyl (C=O) groups is 2. The Hall–Kier alpha value is -2.04. The molecule has 0 saturated heterocycles. The fraction of sp³-hybridized carbons (Fsp3) is 0.467. The standard InChI is InChI=1S/C15H16O5/c16-9-10-3-4-11(15(14(17)18)5-1-6-15)13-12(10)19-7-2-8-20-13/h3-4,9H,1-2,5-8H2,(H,17,18). The second kappa shape index (κ2) is 4.81. The quantitative estimate of drug-likeness (QED) is 0.856. The number of carboxylic acids is 1. The summed E-state index contributed by atoms with van der Waals surface area (Å²) in [6.07, 6.45) is 3.51. The molecular formula is C15H16O5. The minimum absolute atomic E-state index is 0.391. The van der Waals surface area contributed by atoms with Gasteiger partial charge in [0.2, 0.25) is 0 Å². The first-order valence-corrected chi connectivity index (χ1v) is 6.81. The Balaban J connectivity index is 2.17. The second-order valence-corrected chi connectivity index (χ2v) is 5.27. The van der Waals surface area contributed by atoms with Crippen LogP contribution < -0.4 is 9.47 Å². The molecule has 2 aliphatic rings. The summed E-state index contributed by atoms with van der Waals surface area (Å²) in [4.78, 5) is 22.8. The van der Waals surface area contributed by atoms with Crippen LogP contribution in [-0.4, -0.2) is 30.6 Å². The van der Waals surface area contributed by atoms with Gasteiger partial charge in [0.25, 0.3) is 0 Å². The average molecular weight is 276 g/mol. The first-order valence-electron chi connectivity index (χ1n) is 6.81. The molecule has 1 aliphatic carbocycles. The van der Waals surface area contributed by atoms with Gasteiger partial charge in [0.15, 0.2) is 17.8 Å². The summed E-state index contributed by atoms with van der Waals surface area (Å²) in [5.74, 6) is -0.00521. The number of rotatable bonds is 3. The molecule has 0 spiro atoms. The smallest absolute Gasteiger partial charge is 0.314 e. The van der Waals surface area contributed by atoms with Crippen molar-refractivity contribution < 1.29 is 24.2 Å². The molecule has 5 heteroatoms. The van der Waals surface area contributed by atoms with Gasteiger partial charge >= 0.3 is 5.97 Å². The van der Waals surface area contributed by atoms with Gasteiger partial charge in [0.1, 0.15) is 0 Å². The van der Waals surface area contributed by atoms with Crippen LogP contribution in [0, 0.1) is 0 Å². The van der Waals surface area contributed by atoms with Gasteiger partial charge in [-0.15, -0.1) is 0 Å². The predicted molar refractivity (Wildman–Crippen MR) is 70.6 cm³/mol. The van der Waals surface area contributed by atoms with Crippen molar-refractivity contribution >= 4 is 12.3 Å². The third kappa shape index (κ3) is 1.77. The number of aliphatic carboxylic acids is 1. The lowest BCUT2D eigenvalue weighted by molar-refractivity contribution is -0.147. The molecule has 1 fully saturated rings. The van der Waals surface area contributed by atoms with Gasteiger partial charge in [0, 0.05) is 12.0 Å². The largest absolute Gasteiger partial charge is 0.489 e. The van der Waals surface area contributed by atoms with Gasteiger partial charge in [-0.2, -0.15) is 0 Å². The molecule has 0 atom stereocenters. The molecule has 1 aromatic rings. The summed E-state index contributed by atoms with van der Waals surface area (Å²) >= 11 is 0.